The Hall–Kier alpha value is -1.27. The molecule has 1 aromatic rings. The molecule has 5 nitrogen and oxygen atoms in total. The Balaban J connectivity index is 3.07. The Kier molecular flexibility index (Phi) is 5.43. The van der Waals surface area contributed by atoms with Gasteiger partial charge < -0.3 is 14.7 Å². The van der Waals surface area contributed by atoms with Crippen molar-refractivity contribution in [1.29, 1.82) is 0 Å². The molecule has 0 radical (unpaired) electrons. The molecule has 0 aliphatic carbocycles. The highest BCUT2D eigenvalue weighted by molar-refractivity contribution is 9.10. The molecule has 0 N–H and O–H groups in total. The minimum atomic E-state index is -0.727. The number of hydroxylamine groups is 1. The molecule has 98 valence electrons. The molecule has 1 rings (SSSR count). The van der Waals surface area contributed by atoms with Gasteiger partial charge in [0.25, 0.3) is 6.21 Å². The average Bonchev–Trinajstić information content (AvgIpc) is 2.34. The van der Waals surface area contributed by atoms with E-state index in [1.54, 1.807) is 12.1 Å². The normalized spacial score (nSPS) is 11.2. The highest BCUT2D eigenvalue weighted by atomic mass is 79.9. The fourth-order valence-electron chi connectivity index (χ4n) is 1.31. The van der Waals surface area contributed by atoms with Gasteiger partial charge in [0.2, 0.25) is 0 Å². The zero-order valence-corrected chi connectivity index (χ0v) is 12.1. The summed E-state index contributed by atoms with van der Waals surface area (Å²) in [5.41, 5.74) is 0.490. The van der Waals surface area contributed by atoms with E-state index in [-0.39, 0.29) is 6.54 Å². The number of carbonyl (C=O) groups excluding carboxylic acids is 1. The number of esters is 1. The summed E-state index contributed by atoms with van der Waals surface area (Å²) >= 11 is 9.29. The van der Waals surface area contributed by atoms with Gasteiger partial charge in [0, 0.05) is 0 Å². The number of carbonyl (C=O) groups is 1. The van der Waals surface area contributed by atoms with Gasteiger partial charge in [-0.05, 0) is 28.1 Å². The van der Waals surface area contributed by atoms with Crippen molar-refractivity contribution in [2.24, 2.45) is 0 Å². The third-order valence-electron chi connectivity index (χ3n) is 2.12. The first-order valence-corrected chi connectivity index (χ1v) is 6.04. The van der Waals surface area contributed by atoms with Gasteiger partial charge in [0.15, 0.2) is 6.54 Å². The van der Waals surface area contributed by atoms with Crippen LogP contribution in [0.4, 0.5) is 0 Å². The molecule has 0 atom stereocenters. The van der Waals surface area contributed by atoms with E-state index in [2.05, 4.69) is 20.7 Å². The maximum absolute atomic E-state index is 11.5. The van der Waals surface area contributed by atoms with Crippen LogP contribution in [-0.2, 0) is 16.1 Å². The molecule has 0 aromatic heterocycles. The second-order valence-corrected chi connectivity index (χ2v) is 4.53. The maximum atomic E-state index is 11.5. The quantitative estimate of drug-likeness (QED) is 0.278. The zero-order valence-electron chi connectivity index (χ0n) is 9.78. The van der Waals surface area contributed by atoms with Crippen LogP contribution in [0.3, 0.4) is 0 Å². The van der Waals surface area contributed by atoms with E-state index in [0.29, 0.717) is 25.5 Å². The van der Waals surface area contributed by atoms with E-state index in [1.807, 2.05) is 0 Å². The lowest BCUT2D eigenvalue weighted by Crippen LogP contribution is -2.14. The summed E-state index contributed by atoms with van der Waals surface area (Å²) in [5.74, 6) is -0.267. The number of methoxy groups -OCH3 is 2. The number of nitrogens with zero attached hydrogens (tertiary/aromatic N) is 1. The van der Waals surface area contributed by atoms with Crippen LogP contribution in [0.2, 0.25) is 5.02 Å². The molecule has 0 unspecified atom stereocenters. The standard InChI is InChI=1S/C11H11BrClNO4/c1-17-10(15)6-14(16)5-7-9(13)4-3-8(12)11(7)18-2/h3-4,6H,5H2,1-2H3/b14-6-. The minimum Gasteiger partial charge on any atom is -0.623 e. The van der Waals surface area contributed by atoms with Crippen LogP contribution < -0.4 is 4.74 Å². The summed E-state index contributed by atoms with van der Waals surface area (Å²) in [4.78, 5) is 10.9. The van der Waals surface area contributed by atoms with E-state index in [9.17, 15) is 10.0 Å². The number of hydrogen-bond donors (Lipinski definition) is 0. The van der Waals surface area contributed by atoms with Crippen molar-refractivity contribution in [3.8, 4) is 5.75 Å². The van der Waals surface area contributed by atoms with Gasteiger partial charge in [0.05, 0.1) is 29.3 Å². The van der Waals surface area contributed by atoms with Gasteiger partial charge in [0.1, 0.15) is 5.75 Å². The third kappa shape index (κ3) is 3.61. The second kappa shape index (κ2) is 6.61. The van der Waals surface area contributed by atoms with Gasteiger partial charge in [-0.15, -0.1) is 0 Å². The van der Waals surface area contributed by atoms with Crippen LogP contribution >= 0.6 is 27.5 Å². The van der Waals surface area contributed by atoms with Crippen molar-refractivity contribution < 1.29 is 19.0 Å². The molecule has 0 heterocycles. The van der Waals surface area contributed by atoms with Gasteiger partial charge >= 0.3 is 5.97 Å². The first-order chi connectivity index (χ1) is 8.49. The summed E-state index contributed by atoms with van der Waals surface area (Å²) < 4.78 is 10.6. The summed E-state index contributed by atoms with van der Waals surface area (Å²) in [7, 11) is 2.67. The van der Waals surface area contributed by atoms with Crippen LogP contribution in [0.5, 0.6) is 5.75 Å². The summed E-state index contributed by atoms with van der Waals surface area (Å²) in [6, 6.07) is 3.35. The molecule has 0 spiro atoms. The number of hydrogen-bond acceptors (Lipinski definition) is 4. The van der Waals surface area contributed by atoms with Crippen LogP contribution in [0.25, 0.3) is 0 Å². The lowest BCUT2D eigenvalue weighted by Gasteiger charge is -2.11. The first-order valence-electron chi connectivity index (χ1n) is 4.87. The third-order valence-corrected chi connectivity index (χ3v) is 3.10. The van der Waals surface area contributed by atoms with Crippen LogP contribution in [0.15, 0.2) is 16.6 Å². The van der Waals surface area contributed by atoms with Gasteiger partial charge in [-0.1, -0.05) is 11.6 Å². The van der Waals surface area contributed by atoms with Crippen LogP contribution in [0.1, 0.15) is 5.56 Å². The van der Waals surface area contributed by atoms with E-state index in [0.717, 1.165) is 6.21 Å². The van der Waals surface area contributed by atoms with Crippen LogP contribution in [-0.4, -0.2) is 31.1 Å². The number of ether oxygens (including phenoxy) is 2. The smallest absolute Gasteiger partial charge is 0.396 e. The molecular formula is C11H11BrClNO4. The molecule has 0 aliphatic heterocycles. The van der Waals surface area contributed by atoms with E-state index < -0.39 is 5.97 Å². The van der Waals surface area contributed by atoms with E-state index in [4.69, 9.17) is 16.3 Å². The monoisotopic (exact) mass is 335 g/mol. The Morgan fingerprint density at radius 3 is 2.78 bits per heavy atom. The topological polar surface area (TPSA) is 61.6 Å². The lowest BCUT2D eigenvalue weighted by atomic mass is 10.2. The lowest BCUT2D eigenvalue weighted by molar-refractivity contribution is -0.469. The Labute approximate surface area is 118 Å². The molecule has 0 bridgehead atoms. The zero-order chi connectivity index (χ0) is 13.7. The van der Waals surface area contributed by atoms with Crippen molar-refractivity contribution in [3.63, 3.8) is 0 Å². The Morgan fingerprint density at radius 1 is 1.56 bits per heavy atom. The summed E-state index contributed by atoms with van der Waals surface area (Å²) in [5, 5.41) is 11.9. The minimum absolute atomic E-state index is 0.115. The molecule has 0 aliphatic rings. The molecular weight excluding hydrogens is 325 g/mol. The predicted molar refractivity (Wildman–Crippen MR) is 71.1 cm³/mol. The van der Waals surface area contributed by atoms with Crippen molar-refractivity contribution in [1.82, 2.24) is 0 Å². The van der Waals surface area contributed by atoms with Gasteiger partial charge in [-0.2, -0.15) is 0 Å². The summed E-state index contributed by atoms with van der Waals surface area (Å²) in [6.07, 6.45) is 0.802. The van der Waals surface area contributed by atoms with Crippen molar-refractivity contribution in [2.45, 2.75) is 6.54 Å². The number of benzene rings is 1. The molecule has 0 amide bonds. The second-order valence-electron chi connectivity index (χ2n) is 3.27. The Bertz CT molecular complexity index is 490. The average molecular weight is 337 g/mol. The Morgan fingerprint density at radius 2 is 2.22 bits per heavy atom. The van der Waals surface area contributed by atoms with Gasteiger partial charge in [-0.3, -0.25) is 0 Å². The molecule has 1 aromatic carbocycles. The molecule has 18 heavy (non-hydrogen) atoms. The highest BCUT2D eigenvalue weighted by Crippen LogP contribution is 2.34. The SMILES string of the molecule is COC(=O)/C=[N+](\[O-])Cc1c(Cl)ccc(Br)c1OC. The molecule has 0 saturated heterocycles. The van der Waals surface area contributed by atoms with Crippen LogP contribution in [0, 0.1) is 5.21 Å². The maximum Gasteiger partial charge on any atom is 0.396 e. The highest BCUT2D eigenvalue weighted by Gasteiger charge is 2.15. The van der Waals surface area contributed by atoms with Crippen molar-refractivity contribution >= 4 is 39.7 Å². The van der Waals surface area contributed by atoms with Crippen molar-refractivity contribution in [3.05, 3.63) is 32.4 Å². The summed E-state index contributed by atoms with van der Waals surface area (Å²) in [6.45, 7) is -0.115. The first kappa shape index (κ1) is 14.8. The fourth-order valence-corrected chi connectivity index (χ4v) is 2.06. The van der Waals surface area contributed by atoms with Gasteiger partial charge in [-0.25, -0.2) is 9.53 Å². The van der Waals surface area contributed by atoms with Crippen molar-refractivity contribution in [2.75, 3.05) is 14.2 Å². The number of rotatable bonds is 4. The molecule has 0 saturated carbocycles. The van der Waals surface area contributed by atoms with E-state index in [1.165, 1.54) is 14.2 Å². The predicted octanol–water partition coefficient (Wildman–Crippen LogP) is 2.37. The van der Waals surface area contributed by atoms with E-state index >= 15 is 0 Å². The fraction of sp³-hybridized carbons (Fsp3) is 0.273. The molecule has 7 heteroatoms. The number of halogens is 2. The molecule has 0 fully saturated rings. The largest absolute Gasteiger partial charge is 0.623 e.